The van der Waals surface area contributed by atoms with Gasteiger partial charge in [0, 0.05) is 5.56 Å². The van der Waals surface area contributed by atoms with Crippen molar-refractivity contribution in [2.75, 3.05) is 0 Å². The van der Waals surface area contributed by atoms with Gasteiger partial charge in [0.2, 0.25) is 0 Å². The van der Waals surface area contributed by atoms with Gasteiger partial charge in [-0.25, -0.2) is 0 Å². The molecule has 3 aromatic carbocycles. The molecule has 0 saturated carbocycles. The predicted octanol–water partition coefficient (Wildman–Crippen LogP) is 5.62. The molecule has 0 unspecified atom stereocenters. The smallest absolute Gasteiger partial charge is 0.289 e. The van der Waals surface area contributed by atoms with E-state index < -0.39 is 0 Å². The summed E-state index contributed by atoms with van der Waals surface area (Å²) in [6.45, 7) is 0.870. The first-order chi connectivity index (χ1) is 14.7. The van der Waals surface area contributed by atoms with E-state index in [0.29, 0.717) is 29.6 Å². The fourth-order valence-electron chi connectivity index (χ4n) is 2.92. The zero-order valence-corrected chi connectivity index (χ0v) is 16.9. The predicted molar refractivity (Wildman–Crippen MR) is 120 cm³/mol. The highest BCUT2D eigenvalue weighted by Gasteiger charge is 2.22. The Labute approximate surface area is 179 Å². The highest BCUT2D eigenvalue weighted by atomic mass is 32.2. The third-order valence-electron chi connectivity index (χ3n) is 4.43. The van der Waals surface area contributed by atoms with Crippen molar-refractivity contribution >= 4 is 28.9 Å². The van der Waals surface area contributed by atoms with Crippen LogP contribution in [0.15, 0.2) is 83.8 Å². The Kier molecular flexibility index (Phi) is 6.15. The van der Waals surface area contributed by atoms with Crippen molar-refractivity contribution < 1.29 is 14.3 Å². The highest BCUT2D eigenvalue weighted by Crippen LogP contribution is 2.32. The van der Waals surface area contributed by atoms with Gasteiger partial charge >= 0.3 is 0 Å². The molecule has 5 nitrogen and oxygen atoms in total. The maximum atomic E-state index is 11.6. The Morgan fingerprint density at radius 3 is 2.10 bits per heavy atom. The van der Waals surface area contributed by atoms with E-state index in [2.05, 4.69) is 5.32 Å². The lowest BCUT2D eigenvalue weighted by atomic mass is 10.1. The van der Waals surface area contributed by atoms with E-state index in [-0.39, 0.29) is 11.1 Å². The van der Waals surface area contributed by atoms with Gasteiger partial charge in [0.25, 0.3) is 5.24 Å². The highest BCUT2D eigenvalue weighted by molar-refractivity contribution is 8.18. The number of carbonyl (C=O) groups excluding carboxylic acids is 1. The first kappa shape index (κ1) is 19.8. The Morgan fingerprint density at radius 2 is 1.50 bits per heavy atom. The minimum atomic E-state index is -0.255. The third-order valence-corrected chi connectivity index (χ3v) is 5.26. The molecule has 1 aliphatic heterocycles. The molecule has 0 atom stereocenters. The molecule has 30 heavy (non-hydrogen) atoms. The molecule has 1 aliphatic rings. The average Bonchev–Trinajstić information content (AvgIpc) is 3.09. The minimum Gasteiger partial charge on any atom is -0.489 e. The maximum absolute atomic E-state index is 11.6. The summed E-state index contributed by atoms with van der Waals surface area (Å²) < 4.78 is 12.0. The van der Waals surface area contributed by atoms with E-state index in [4.69, 9.17) is 14.9 Å². The molecular formula is C24H20N2O3S. The molecular weight excluding hydrogens is 396 g/mol. The lowest BCUT2D eigenvalue weighted by Gasteiger charge is -2.13. The number of hydrogen-bond donors (Lipinski definition) is 2. The van der Waals surface area contributed by atoms with Gasteiger partial charge in [-0.3, -0.25) is 10.2 Å². The summed E-state index contributed by atoms with van der Waals surface area (Å²) in [7, 11) is 0. The van der Waals surface area contributed by atoms with Crippen LogP contribution in [-0.2, 0) is 13.2 Å². The van der Waals surface area contributed by atoms with Crippen LogP contribution < -0.4 is 14.8 Å². The second kappa shape index (κ2) is 9.33. The minimum absolute atomic E-state index is 0.0922. The molecule has 0 bridgehead atoms. The lowest BCUT2D eigenvalue weighted by molar-refractivity contribution is 0.265. The van der Waals surface area contributed by atoms with E-state index in [0.717, 1.165) is 28.5 Å². The van der Waals surface area contributed by atoms with Crippen molar-refractivity contribution in [2.24, 2.45) is 0 Å². The number of thioether (sulfide) groups is 1. The Bertz CT molecular complexity index is 1080. The van der Waals surface area contributed by atoms with Gasteiger partial charge in [0.1, 0.15) is 30.5 Å². The summed E-state index contributed by atoms with van der Waals surface area (Å²) in [4.78, 5) is 12.1. The van der Waals surface area contributed by atoms with Crippen LogP contribution in [0.25, 0.3) is 6.08 Å². The van der Waals surface area contributed by atoms with E-state index in [1.807, 2.05) is 78.9 Å². The number of benzene rings is 3. The first-order valence-electron chi connectivity index (χ1n) is 9.44. The summed E-state index contributed by atoms with van der Waals surface area (Å²) in [6, 6.07) is 25.4. The molecule has 1 fully saturated rings. The summed E-state index contributed by atoms with van der Waals surface area (Å²) in [5.41, 5.74) is 2.88. The summed E-state index contributed by atoms with van der Waals surface area (Å²) >= 11 is 0.998. The van der Waals surface area contributed by atoms with Crippen LogP contribution in [0, 0.1) is 5.41 Å². The van der Waals surface area contributed by atoms with Gasteiger partial charge in [0.15, 0.2) is 0 Å². The van der Waals surface area contributed by atoms with Crippen molar-refractivity contribution in [1.29, 1.82) is 5.41 Å². The molecule has 2 N–H and O–H groups in total. The van der Waals surface area contributed by atoms with Crippen LogP contribution in [0.4, 0.5) is 4.79 Å². The molecule has 1 heterocycles. The topological polar surface area (TPSA) is 71.4 Å². The van der Waals surface area contributed by atoms with Crippen LogP contribution in [0.1, 0.15) is 16.7 Å². The molecule has 0 aromatic heterocycles. The van der Waals surface area contributed by atoms with Gasteiger partial charge in [-0.05, 0) is 47.2 Å². The fraction of sp³-hybridized carbons (Fsp3) is 0.0833. The van der Waals surface area contributed by atoms with Gasteiger partial charge in [-0.1, -0.05) is 60.7 Å². The Balaban J connectivity index is 1.57. The zero-order valence-electron chi connectivity index (χ0n) is 16.1. The number of rotatable bonds is 7. The molecule has 0 aliphatic carbocycles. The summed E-state index contributed by atoms with van der Waals surface area (Å²) in [6.07, 6.45) is 1.78. The second-order valence-corrected chi connectivity index (χ2v) is 7.66. The van der Waals surface area contributed by atoms with Crippen LogP contribution in [0.3, 0.4) is 0 Å². The van der Waals surface area contributed by atoms with E-state index >= 15 is 0 Å². The van der Waals surface area contributed by atoms with Crippen molar-refractivity contribution in [3.05, 3.63) is 100 Å². The average molecular weight is 417 g/mol. The zero-order chi connectivity index (χ0) is 20.8. The van der Waals surface area contributed by atoms with E-state index in [1.165, 1.54) is 0 Å². The Hall–Kier alpha value is -3.51. The van der Waals surface area contributed by atoms with Crippen LogP contribution in [0.2, 0.25) is 0 Å². The largest absolute Gasteiger partial charge is 0.489 e. The van der Waals surface area contributed by atoms with Gasteiger partial charge in [0.05, 0.1) is 4.91 Å². The number of nitrogens with one attached hydrogen (secondary N) is 2. The second-order valence-electron chi connectivity index (χ2n) is 6.65. The fourth-order valence-corrected chi connectivity index (χ4v) is 3.61. The molecule has 150 valence electrons. The monoisotopic (exact) mass is 416 g/mol. The number of amidine groups is 1. The number of hydrogen-bond acceptors (Lipinski definition) is 5. The van der Waals surface area contributed by atoms with Gasteiger partial charge in [-0.2, -0.15) is 0 Å². The molecule has 1 saturated heterocycles. The quantitative estimate of drug-likeness (QED) is 0.524. The maximum Gasteiger partial charge on any atom is 0.289 e. The molecule has 4 rings (SSSR count). The molecule has 6 heteroatoms. The number of carbonyl (C=O) groups is 1. The lowest BCUT2D eigenvalue weighted by Crippen LogP contribution is -2.17. The van der Waals surface area contributed by atoms with Crippen LogP contribution >= 0.6 is 11.8 Å². The molecule has 1 amide bonds. The van der Waals surface area contributed by atoms with E-state index in [1.54, 1.807) is 6.08 Å². The molecule has 0 spiro atoms. The van der Waals surface area contributed by atoms with Crippen molar-refractivity contribution in [3.8, 4) is 11.5 Å². The van der Waals surface area contributed by atoms with Gasteiger partial charge in [-0.15, -0.1) is 0 Å². The first-order valence-corrected chi connectivity index (χ1v) is 10.3. The Morgan fingerprint density at radius 1 is 0.867 bits per heavy atom. The number of ether oxygens (including phenoxy) is 2. The summed E-state index contributed by atoms with van der Waals surface area (Å²) in [5.74, 6) is 1.44. The number of amides is 1. The van der Waals surface area contributed by atoms with Gasteiger partial charge < -0.3 is 14.8 Å². The summed E-state index contributed by atoms with van der Waals surface area (Å²) in [5, 5.41) is 10.2. The third kappa shape index (κ3) is 5.10. The SMILES string of the molecule is N=C1NC(=O)SC1=Cc1cc(OCc2ccccc2)ccc1OCc1ccccc1. The van der Waals surface area contributed by atoms with E-state index in [9.17, 15) is 4.79 Å². The molecule has 0 radical (unpaired) electrons. The van der Waals surface area contributed by atoms with Crippen molar-refractivity contribution in [1.82, 2.24) is 5.32 Å². The van der Waals surface area contributed by atoms with Crippen LogP contribution in [-0.4, -0.2) is 11.1 Å². The standard InChI is InChI=1S/C24H20N2O3S/c25-23-22(30-24(27)26-23)14-19-13-20(28-15-17-7-3-1-4-8-17)11-12-21(19)29-16-18-9-5-2-6-10-18/h1-14H,15-16H2,(H2,25,26,27). The normalized spacial score (nSPS) is 14.6. The van der Waals surface area contributed by atoms with Crippen LogP contribution in [0.5, 0.6) is 11.5 Å². The molecule has 3 aromatic rings. The van der Waals surface area contributed by atoms with Crippen molar-refractivity contribution in [2.45, 2.75) is 13.2 Å². The van der Waals surface area contributed by atoms with Crippen molar-refractivity contribution in [3.63, 3.8) is 0 Å².